The van der Waals surface area contributed by atoms with Gasteiger partial charge in [-0.1, -0.05) is 12.1 Å². The van der Waals surface area contributed by atoms with Crippen LogP contribution in [0.5, 0.6) is 0 Å². The largest absolute Gasteiger partial charge is 0.478 e. The van der Waals surface area contributed by atoms with E-state index >= 15 is 0 Å². The van der Waals surface area contributed by atoms with Gasteiger partial charge in [-0.3, -0.25) is 0 Å². The first-order valence-electron chi connectivity index (χ1n) is 7.12. The molecule has 0 unspecified atom stereocenters. The highest BCUT2D eigenvalue weighted by atomic mass is 16.4. The number of carboxylic acids is 1. The van der Waals surface area contributed by atoms with Crippen molar-refractivity contribution in [2.45, 2.75) is 32.2 Å². The number of hydrogen-bond donors (Lipinski definition) is 2. The van der Waals surface area contributed by atoms with E-state index in [2.05, 4.69) is 21.4 Å². The lowest BCUT2D eigenvalue weighted by atomic mass is 9.90. The maximum absolute atomic E-state index is 11.2. The van der Waals surface area contributed by atoms with Gasteiger partial charge in [-0.2, -0.15) is 0 Å². The van der Waals surface area contributed by atoms with Crippen LogP contribution in [0.3, 0.4) is 0 Å². The number of carbonyl (C=O) groups is 1. The molecule has 1 heterocycles. The molecule has 108 valence electrons. The van der Waals surface area contributed by atoms with Crippen molar-refractivity contribution in [1.29, 1.82) is 0 Å². The Bertz CT molecular complexity index is 670. The van der Waals surface area contributed by atoms with Gasteiger partial charge in [0.15, 0.2) is 0 Å². The Morgan fingerprint density at radius 2 is 2.14 bits per heavy atom. The molecule has 0 atom stereocenters. The predicted octanol–water partition coefficient (Wildman–Crippen LogP) is 2.67. The number of carboxylic acid groups (broad SMARTS) is 1. The zero-order chi connectivity index (χ0) is 14.7. The lowest BCUT2D eigenvalue weighted by Crippen LogP contribution is -2.12. The van der Waals surface area contributed by atoms with E-state index < -0.39 is 5.97 Å². The quantitative estimate of drug-likeness (QED) is 0.902. The molecule has 3 rings (SSSR count). The van der Waals surface area contributed by atoms with Gasteiger partial charge >= 0.3 is 5.97 Å². The molecule has 2 N–H and O–H groups in total. The van der Waals surface area contributed by atoms with Crippen LogP contribution in [0.25, 0.3) is 0 Å². The van der Waals surface area contributed by atoms with Gasteiger partial charge < -0.3 is 10.4 Å². The first-order chi connectivity index (χ1) is 10.3. The standard InChI is InChI=1S/C16H17N3O2/c20-16(21)13-8-17-10-19-15(13)9-18-14-7-3-5-11-4-1-2-6-12(11)14/h3,5,7-8,10,18H,1-2,4,6,9H2,(H,20,21). The Hall–Kier alpha value is -2.43. The number of aromatic nitrogens is 2. The van der Waals surface area contributed by atoms with Crippen molar-refractivity contribution in [3.63, 3.8) is 0 Å². The molecule has 1 aliphatic rings. The minimum Gasteiger partial charge on any atom is -0.478 e. The van der Waals surface area contributed by atoms with Crippen molar-refractivity contribution < 1.29 is 9.90 Å². The molecule has 0 amide bonds. The molecule has 0 bridgehead atoms. The summed E-state index contributed by atoms with van der Waals surface area (Å²) >= 11 is 0. The fourth-order valence-corrected chi connectivity index (χ4v) is 2.80. The van der Waals surface area contributed by atoms with E-state index in [1.54, 1.807) is 0 Å². The predicted molar refractivity (Wildman–Crippen MR) is 79.4 cm³/mol. The van der Waals surface area contributed by atoms with E-state index in [0.29, 0.717) is 12.2 Å². The third-order valence-corrected chi connectivity index (χ3v) is 3.87. The Morgan fingerprint density at radius 3 is 3.00 bits per heavy atom. The number of aryl methyl sites for hydroxylation is 1. The molecule has 0 spiro atoms. The second kappa shape index (κ2) is 5.91. The molecule has 1 aromatic heterocycles. The highest BCUT2D eigenvalue weighted by Crippen LogP contribution is 2.28. The number of benzene rings is 1. The number of nitrogens with one attached hydrogen (secondary N) is 1. The van der Waals surface area contributed by atoms with E-state index in [4.69, 9.17) is 5.11 Å². The molecule has 0 radical (unpaired) electrons. The van der Waals surface area contributed by atoms with E-state index in [-0.39, 0.29) is 5.56 Å². The molecule has 21 heavy (non-hydrogen) atoms. The summed E-state index contributed by atoms with van der Waals surface area (Å²) in [6.45, 7) is 0.389. The van der Waals surface area contributed by atoms with Crippen molar-refractivity contribution >= 4 is 11.7 Å². The maximum atomic E-state index is 11.2. The molecule has 0 fully saturated rings. The van der Waals surface area contributed by atoms with Gasteiger partial charge in [0, 0.05) is 11.9 Å². The third-order valence-electron chi connectivity index (χ3n) is 3.87. The zero-order valence-electron chi connectivity index (χ0n) is 11.7. The van der Waals surface area contributed by atoms with Crippen molar-refractivity contribution in [3.05, 3.63) is 53.1 Å². The zero-order valence-corrected chi connectivity index (χ0v) is 11.7. The first kappa shape index (κ1) is 13.5. The Morgan fingerprint density at radius 1 is 1.29 bits per heavy atom. The van der Waals surface area contributed by atoms with E-state index in [0.717, 1.165) is 18.5 Å². The summed E-state index contributed by atoms with van der Waals surface area (Å²) in [5.74, 6) is -0.998. The van der Waals surface area contributed by atoms with E-state index in [9.17, 15) is 4.79 Å². The molecule has 5 heteroatoms. The number of rotatable bonds is 4. The van der Waals surface area contributed by atoms with Crippen molar-refractivity contribution in [3.8, 4) is 0 Å². The summed E-state index contributed by atoms with van der Waals surface area (Å²) in [4.78, 5) is 19.0. The molecular formula is C16H17N3O2. The van der Waals surface area contributed by atoms with Crippen molar-refractivity contribution in [1.82, 2.24) is 9.97 Å². The van der Waals surface area contributed by atoms with Crippen LogP contribution in [0, 0.1) is 0 Å². The van der Waals surface area contributed by atoms with Crippen molar-refractivity contribution in [2.24, 2.45) is 0 Å². The number of aromatic carboxylic acids is 1. The van der Waals surface area contributed by atoms with Crippen molar-refractivity contribution in [2.75, 3.05) is 5.32 Å². The number of hydrogen-bond acceptors (Lipinski definition) is 4. The highest BCUT2D eigenvalue weighted by Gasteiger charge is 2.14. The van der Waals surface area contributed by atoms with Crippen LogP contribution >= 0.6 is 0 Å². The first-order valence-corrected chi connectivity index (χ1v) is 7.12. The summed E-state index contributed by atoms with van der Waals surface area (Å²) in [7, 11) is 0. The van der Waals surface area contributed by atoms with Crippen LogP contribution in [-0.4, -0.2) is 21.0 Å². The number of fused-ring (bicyclic) bond motifs is 1. The molecule has 0 saturated heterocycles. The van der Waals surface area contributed by atoms with Gasteiger partial charge in [-0.15, -0.1) is 0 Å². The van der Waals surface area contributed by atoms with Gasteiger partial charge in [0.25, 0.3) is 0 Å². The van der Waals surface area contributed by atoms with E-state index in [1.807, 2.05) is 12.1 Å². The molecule has 2 aromatic rings. The lowest BCUT2D eigenvalue weighted by molar-refractivity contribution is 0.0694. The van der Waals surface area contributed by atoms with Crippen LogP contribution in [0.4, 0.5) is 5.69 Å². The molecule has 5 nitrogen and oxygen atoms in total. The monoisotopic (exact) mass is 283 g/mol. The summed E-state index contributed by atoms with van der Waals surface area (Å²) in [6.07, 6.45) is 7.37. The maximum Gasteiger partial charge on any atom is 0.339 e. The van der Waals surface area contributed by atoms with Crippen LogP contribution in [-0.2, 0) is 19.4 Å². The molecular weight excluding hydrogens is 266 g/mol. The second-order valence-corrected chi connectivity index (χ2v) is 5.19. The smallest absolute Gasteiger partial charge is 0.339 e. The topological polar surface area (TPSA) is 75.1 Å². The number of anilines is 1. The Labute approximate surface area is 123 Å². The van der Waals surface area contributed by atoms with Crippen LogP contribution in [0.2, 0.25) is 0 Å². The van der Waals surface area contributed by atoms with Gasteiger partial charge in [0.1, 0.15) is 11.9 Å². The average molecular weight is 283 g/mol. The van der Waals surface area contributed by atoms with Gasteiger partial charge in [-0.05, 0) is 42.9 Å². The number of nitrogens with zero attached hydrogens (tertiary/aromatic N) is 2. The third kappa shape index (κ3) is 2.86. The summed E-state index contributed by atoms with van der Waals surface area (Å²) < 4.78 is 0. The average Bonchev–Trinajstić information content (AvgIpc) is 2.53. The van der Waals surface area contributed by atoms with Crippen LogP contribution in [0.15, 0.2) is 30.7 Å². The minimum absolute atomic E-state index is 0.148. The summed E-state index contributed by atoms with van der Waals surface area (Å²) in [5, 5.41) is 12.5. The normalized spacial score (nSPS) is 13.5. The molecule has 1 aliphatic carbocycles. The summed E-state index contributed by atoms with van der Waals surface area (Å²) in [6, 6.07) is 6.27. The SMILES string of the molecule is O=C(O)c1cncnc1CNc1cccc2c1CCCC2. The highest BCUT2D eigenvalue weighted by molar-refractivity contribution is 5.88. The molecule has 0 aliphatic heterocycles. The van der Waals surface area contributed by atoms with Crippen LogP contribution < -0.4 is 5.32 Å². The Balaban J connectivity index is 1.81. The lowest BCUT2D eigenvalue weighted by Gasteiger charge is -2.20. The van der Waals surface area contributed by atoms with Crippen LogP contribution in [0.1, 0.15) is 40.0 Å². The molecule has 1 aromatic carbocycles. The van der Waals surface area contributed by atoms with Gasteiger partial charge in [0.2, 0.25) is 0 Å². The molecule has 0 saturated carbocycles. The fourth-order valence-electron chi connectivity index (χ4n) is 2.80. The summed E-state index contributed by atoms with van der Waals surface area (Å²) in [5.41, 5.74) is 4.49. The Kier molecular flexibility index (Phi) is 3.81. The fraction of sp³-hybridized carbons (Fsp3) is 0.312. The van der Waals surface area contributed by atoms with Gasteiger partial charge in [0.05, 0.1) is 12.2 Å². The van der Waals surface area contributed by atoms with E-state index in [1.165, 1.54) is 36.5 Å². The minimum atomic E-state index is -0.998. The second-order valence-electron chi connectivity index (χ2n) is 5.19. The van der Waals surface area contributed by atoms with Gasteiger partial charge in [-0.25, -0.2) is 14.8 Å².